The lowest BCUT2D eigenvalue weighted by Gasteiger charge is -2.15. The van der Waals surface area contributed by atoms with E-state index < -0.39 is 0 Å². The number of nitrogens with two attached hydrogens (primary N) is 1. The van der Waals surface area contributed by atoms with Crippen LogP contribution in [0.1, 0.15) is 45.5 Å². The van der Waals surface area contributed by atoms with Crippen LogP contribution >= 0.6 is 23.2 Å². The highest BCUT2D eigenvalue weighted by Gasteiger charge is 2.21. The number of imidazole rings is 1. The molecule has 0 fully saturated rings. The lowest BCUT2D eigenvalue weighted by Crippen LogP contribution is -2.10. The lowest BCUT2D eigenvalue weighted by molar-refractivity contribution is 0.556. The summed E-state index contributed by atoms with van der Waals surface area (Å²) in [6, 6.07) is 5.57. The van der Waals surface area contributed by atoms with Gasteiger partial charge in [-0.2, -0.15) is 0 Å². The molecule has 0 aliphatic heterocycles. The molecule has 0 saturated heterocycles. The van der Waals surface area contributed by atoms with Crippen LogP contribution in [0, 0.1) is 0 Å². The third-order valence-electron chi connectivity index (χ3n) is 3.19. The van der Waals surface area contributed by atoms with E-state index in [2.05, 4.69) is 32.3 Å². The molecule has 20 heavy (non-hydrogen) atoms. The summed E-state index contributed by atoms with van der Waals surface area (Å²) >= 11 is 12.3. The summed E-state index contributed by atoms with van der Waals surface area (Å²) in [6.45, 7) is 8.38. The van der Waals surface area contributed by atoms with Crippen molar-refractivity contribution in [1.82, 2.24) is 9.55 Å². The molecule has 1 aromatic heterocycles. The van der Waals surface area contributed by atoms with Crippen LogP contribution in [0.3, 0.4) is 0 Å². The normalized spacial score (nSPS) is 11.6. The highest BCUT2D eigenvalue weighted by molar-refractivity contribution is 6.35. The van der Waals surface area contributed by atoms with Gasteiger partial charge in [-0.25, -0.2) is 4.98 Å². The molecular formula is C15H19Cl2N3. The molecule has 0 aliphatic carbocycles. The number of nitrogen functional groups attached to an aromatic ring is 1. The average Bonchev–Trinajstić information content (AvgIpc) is 2.70. The smallest absolute Gasteiger partial charge is 0.132 e. The topological polar surface area (TPSA) is 43.8 Å². The minimum absolute atomic E-state index is 0.242. The Morgan fingerprint density at radius 2 is 1.80 bits per heavy atom. The summed E-state index contributed by atoms with van der Waals surface area (Å²) in [7, 11) is 0. The first-order chi connectivity index (χ1) is 9.32. The van der Waals surface area contributed by atoms with Gasteiger partial charge >= 0.3 is 0 Å². The van der Waals surface area contributed by atoms with Crippen LogP contribution in [-0.2, 0) is 0 Å². The van der Waals surface area contributed by atoms with Crippen molar-refractivity contribution >= 4 is 29.0 Å². The second-order valence-electron chi connectivity index (χ2n) is 5.45. The summed E-state index contributed by atoms with van der Waals surface area (Å²) in [4.78, 5) is 4.70. The van der Waals surface area contributed by atoms with Gasteiger partial charge in [-0.05, 0) is 32.0 Å². The first-order valence-corrected chi connectivity index (χ1v) is 7.41. The predicted octanol–water partition coefficient (Wildman–Crippen LogP) is 5.14. The molecule has 0 aliphatic rings. The Morgan fingerprint density at radius 3 is 2.30 bits per heavy atom. The quantitative estimate of drug-likeness (QED) is 0.852. The van der Waals surface area contributed by atoms with Crippen LogP contribution in [0.5, 0.6) is 0 Å². The molecule has 0 atom stereocenters. The second-order valence-corrected chi connectivity index (χ2v) is 6.29. The van der Waals surface area contributed by atoms with Gasteiger partial charge in [0.1, 0.15) is 17.3 Å². The predicted molar refractivity (Wildman–Crippen MR) is 86.6 cm³/mol. The highest BCUT2D eigenvalue weighted by Crippen LogP contribution is 2.36. The number of anilines is 1. The molecule has 2 aromatic rings. The molecule has 0 amide bonds. The van der Waals surface area contributed by atoms with E-state index in [0.717, 1.165) is 11.4 Å². The molecule has 0 radical (unpaired) electrons. The van der Waals surface area contributed by atoms with Crippen molar-refractivity contribution in [2.24, 2.45) is 0 Å². The summed E-state index contributed by atoms with van der Waals surface area (Å²) in [5.74, 6) is 1.88. The summed E-state index contributed by atoms with van der Waals surface area (Å²) in [6.07, 6.45) is 0. The van der Waals surface area contributed by atoms with Crippen LogP contribution in [0.4, 0.5) is 5.82 Å². The van der Waals surface area contributed by atoms with Crippen LogP contribution < -0.4 is 5.73 Å². The fourth-order valence-electron chi connectivity index (χ4n) is 2.29. The zero-order valence-corrected chi connectivity index (χ0v) is 13.6. The van der Waals surface area contributed by atoms with Crippen LogP contribution in [-0.4, -0.2) is 9.55 Å². The number of nitrogens with zero attached hydrogens (tertiary/aromatic N) is 2. The van der Waals surface area contributed by atoms with E-state index >= 15 is 0 Å². The maximum Gasteiger partial charge on any atom is 0.132 e. The van der Waals surface area contributed by atoms with Gasteiger partial charge in [0.05, 0.1) is 5.02 Å². The summed E-state index contributed by atoms with van der Waals surface area (Å²) in [5.41, 5.74) is 7.77. The molecule has 0 saturated carbocycles. The van der Waals surface area contributed by atoms with E-state index in [0.29, 0.717) is 21.6 Å². The maximum atomic E-state index is 6.29. The highest BCUT2D eigenvalue weighted by atomic mass is 35.5. The van der Waals surface area contributed by atoms with E-state index in [9.17, 15) is 0 Å². The minimum Gasteiger partial charge on any atom is -0.383 e. The van der Waals surface area contributed by atoms with Gasteiger partial charge in [-0.1, -0.05) is 37.0 Å². The number of hydrogen-bond acceptors (Lipinski definition) is 2. The molecule has 1 aromatic carbocycles. The summed E-state index contributed by atoms with van der Waals surface area (Å²) in [5, 5.41) is 1.22. The number of benzene rings is 1. The van der Waals surface area contributed by atoms with E-state index in [1.807, 2.05) is 0 Å². The molecule has 1 heterocycles. The summed E-state index contributed by atoms with van der Waals surface area (Å²) < 4.78 is 2.05. The standard InChI is InChI=1S/C15H19Cl2N3/c1-8(2)15-19-13(14(18)20(15)9(3)4)11-7-10(16)5-6-12(11)17/h5-9H,18H2,1-4H3. The Balaban J connectivity index is 2.69. The lowest BCUT2D eigenvalue weighted by atomic mass is 10.1. The molecule has 0 spiro atoms. The van der Waals surface area contributed by atoms with Gasteiger partial charge in [-0.3, -0.25) is 0 Å². The zero-order valence-electron chi connectivity index (χ0n) is 12.1. The third kappa shape index (κ3) is 2.65. The Morgan fingerprint density at radius 1 is 1.15 bits per heavy atom. The molecule has 0 unspecified atom stereocenters. The van der Waals surface area contributed by atoms with Crippen molar-refractivity contribution in [3.8, 4) is 11.3 Å². The Labute approximate surface area is 129 Å². The molecule has 3 nitrogen and oxygen atoms in total. The van der Waals surface area contributed by atoms with E-state index in [4.69, 9.17) is 33.9 Å². The van der Waals surface area contributed by atoms with Crippen molar-refractivity contribution < 1.29 is 0 Å². The minimum atomic E-state index is 0.242. The van der Waals surface area contributed by atoms with Crippen molar-refractivity contribution in [3.05, 3.63) is 34.1 Å². The largest absolute Gasteiger partial charge is 0.383 e. The van der Waals surface area contributed by atoms with Crippen molar-refractivity contribution in [1.29, 1.82) is 0 Å². The maximum absolute atomic E-state index is 6.29. The Hall–Kier alpha value is -1.19. The monoisotopic (exact) mass is 311 g/mol. The fraction of sp³-hybridized carbons (Fsp3) is 0.400. The first-order valence-electron chi connectivity index (χ1n) is 6.66. The zero-order chi connectivity index (χ0) is 15.0. The van der Waals surface area contributed by atoms with E-state index in [-0.39, 0.29) is 12.0 Å². The van der Waals surface area contributed by atoms with Crippen molar-refractivity contribution in [3.63, 3.8) is 0 Å². The number of rotatable bonds is 3. The van der Waals surface area contributed by atoms with Crippen molar-refractivity contribution in [2.75, 3.05) is 5.73 Å². The molecule has 108 valence electrons. The van der Waals surface area contributed by atoms with Gasteiger partial charge in [0, 0.05) is 22.5 Å². The van der Waals surface area contributed by atoms with E-state index in [1.54, 1.807) is 18.2 Å². The van der Waals surface area contributed by atoms with E-state index in [1.165, 1.54) is 0 Å². The molecule has 5 heteroatoms. The Bertz CT molecular complexity index is 630. The van der Waals surface area contributed by atoms with Gasteiger partial charge in [-0.15, -0.1) is 0 Å². The molecule has 2 N–H and O–H groups in total. The van der Waals surface area contributed by atoms with Gasteiger partial charge in [0.25, 0.3) is 0 Å². The second kappa shape index (κ2) is 5.66. The van der Waals surface area contributed by atoms with Crippen LogP contribution in [0.25, 0.3) is 11.3 Å². The average molecular weight is 312 g/mol. The number of hydrogen-bond donors (Lipinski definition) is 1. The number of aromatic nitrogens is 2. The van der Waals surface area contributed by atoms with Gasteiger partial charge in [0.2, 0.25) is 0 Å². The Kier molecular flexibility index (Phi) is 4.31. The van der Waals surface area contributed by atoms with Gasteiger partial charge < -0.3 is 10.3 Å². The number of halogens is 2. The van der Waals surface area contributed by atoms with Crippen molar-refractivity contribution in [2.45, 2.75) is 39.7 Å². The fourth-order valence-corrected chi connectivity index (χ4v) is 2.67. The van der Waals surface area contributed by atoms with Gasteiger partial charge in [0.15, 0.2) is 0 Å². The van der Waals surface area contributed by atoms with Crippen LogP contribution in [0.2, 0.25) is 10.0 Å². The van der Waals surface area contributed by atoms with Crippen LogP contribution in [0.15, 0.2) is 18.2 Å². The third-order valence-corrected chi connectivity index (χ3v) is 3.76. The molecule has 0 bridgehead atoms. The first kappa shape index (κ1) is 15.2. The molecular weight excluding hydrogens is 293 g/mol. The SMILES string of the molecule is CC(C)c1nc(-c2cc(Cl)ccc2Cl)c(N)n1C(C)C. The molecule has 2 rings (SSSR count).